The van der Waals surface area contributed by atoms with Crippen LogP contribution in [-0.2, 0) is 10.1 Å². The number of hydrogen-bond acceptors (Lipinski definition) is 4. The zero-order chi connectivity index (χ0) is 14.9. The molecule has 2 aromatic rings. The van der Waals surface area contributed by atoms with Gasteiger partial charge in [-0.3, -0.25) is 4.55 Å². The van der Waals surface area contributed by atoms with Gasteiger partial charge in [-0.25, -0.2) is 0 Å². The van der Waals surface area contributed by atoms with E-state index in [0.717, 1.165) is 11.6 Å². The molecule has 3 N–H and O–H groups in total. The molecule has 0 aromatic heterocycles. The van der Waals surface area contributed by atoms with E-state index in [4.69, 9.17) is 4.55 Å². The first-order valence-electron chi connectivity index (χ1n) is 5.89. The van der Waals surface area contributed by atoms with Crippen molar-refractivity contribution in [3.8, 4) is 11.5 Å². The van der Waals surface area contributed by atoms with Crippen molar-refractivity contribution < 1.29 is 23.2 Å². The number of aromatic hydroxyl groups is 2. The second-order valence-corrected chi connectivity index (χ2v) is 5.88. The Morgan fingerprint density at radius 1 is 1.05 bits per heavy atom. The molecule has 1 unspecified atom stereocenters. The van der Waals surface area contributed by atoms with Crippen molar-refractivity contribution >= 4 is 10.1 Å². The molecule has 20 heavy (non-hydrogen) atoms. The van der Waals surface area contributed by atoms with E-state index in [9.17, 15) is 18.6 Å². The lowest BCUT2D eigenvalue weighted by atomic mass is 9.92. The fraction of sp³-hybridized carbons (Fsp3) is 0.143. The maximum atomic E-state index is 11.2. The van der Waals surface area contributed by atoms with Crippen LogP contribution in [0.3, 0.4) is 0 Å². The molecule has 0 bridgehead atoms. The van der Waals surface area contributed by atoms with Crippen LogP contribution in [0.5, 0.6) is 11.5 Å². The normalized spacial score (nSPS) is 13.1. The van der Waals surface area contributed by atoms with Gasteiger partial charge in [0.15, 0.2) is 0 Å². The maximum Gasteiger partial charge on any atom is 0.298 e. The summed E-state index contributed by atoms with van der Waals surface area (Å²) in [4.78, 5) is -0.699. The van der Waals surface area contributed by atoms with Crippen molar-refractivity contribution in [2.45, 2.75) is 17.7 Å². The summed E-state index contributed by atoms with van der Waals surface area (Å²) < 4.78 is 31.5. The van der Waals surface area contributed by atoms with Crippen LogP contribution in [0.2, 0.25) is 0 Å². The van der Waals surface area contributed by atoms with Gasteiger partial charge in [0.05, 0.1) is 0 Å². The molecule has 0 saturated carbocycles. The summed E-state index contributed by atoms with van der Waals surface area (Å²) >= 11 is 0. The summed E-state index contributed by atoms with van der Waals surface area (Å²) in [6, 6.07) is 11.2. The predicted octanol–water partition coefficient (Wildman–Crippen LogP) is 2.50. The summed E-state index contributed by atoms with van der Waals surface area (Å²) in [7, 11) is -4.60. The molecular weight excluding hydrogens is 280 g/mol. The molecule has 0 heterocycles. The van der Waals surface area contributed by atoms with Gasteiger partial charge in [-0.15, -0.1) is 0 Å². The monoisotopic (exact) mass is 294 g/mol. The van der Waals surface area contributed by atoms with E-state index in [1.165, 1.54) is 6.07 Å². The van der Waals surface area contributed by atoms with Crippen molar-refractivity contribution in [2.75, 3.05) is 0 Å². The Hall–Kier alpha value is -2.05. The van der Waals surface area contributed by atoms with Crippen molar-refractivity contribution in [1.29, 1.82) is 0 Å². The Balaban J connectivity index is 2.61. The maximum absolute atomic E-state index is 11.2. The van der Waals surface area contributed by atoms with E-state index < -0.39 is 20.8 Å². The highest BCUT2D eigenvalue weighted by Crippen LogP contribution is 2.38. The third-order valence-corrected chi connectivity index (χ3v) is 4.00. The zero-order valence-corrected chi connectivity index (χ0v) is 11.5. The predicted molar refractivity (Wildman–Crippen MR) is 73.5 cm³/mol. The molecule has 0 amide bonds. The van der Waals surface area contributed by atoms with Crippen molar-refractivity contribution in [1.82, 2.24) is 0 Å². The highest BCUT2D eigenvalue weighted by molar-refractivity contribution is 7.86. The lowest BCUT2D eigenvalue weighted by Crippen LogP contribution is -2.03. The molecule has 0 aliphatic rings. The third-order valence-electron chi connectivity index (χ3n) is 3.13. The third kappa shape index (κ3) is 2.76. The number of phenolic OH excluding ortho intramolecular Hbond substituents is 2. The largest absolute Gasteiger partial charge is 0.508 e. The molecule has 5 nitrogen and oxygen atoms in total. The van der Waals surface area contributed by atoms with Gasteiger partial charge in [0.1, 0.15) is 16.4 Å². The van der Waals surface area contributed by atoms with Gasteiger partial charge >= 0.3 is 0 Å². The standard InChI is InChI=1S/C14H14O5S/c1-9(10-5-3-2-4-6-10)12-7-11(15)8-13(14(12)16)20(17,18)19/h2-9,15-16H,1H3,(H,17,18,19). The molecule has 0 saturated heterocycles. The fourth-order valence-corrected chi connectivity index (χ4v) is 2.69. The number of hydrogen-bond donors (Lipinski definition) is 3. The quantitative estimate of drug-likeness (QED) is 0.597. The topological polar surface area (TPSA) is 94.8 Å². The van der Waals surface area contributed by atoms with Crippen LogP contribution in [0.15, 0.2) is 47.4 Å². The van der Waals surface area contributed by atoms with Crippen LogP contribution in [0.1, 0.15) is 24.0 Å². The molecule has 106 valence electrons. The first-order chi connectivity index (χ1) is 9.30. The number of benzene rings is 2. The average molecular weight is 294 g/mol. The van der Waals surface area contributed by atoms with Crippen LogP contribution >= 0.6 is 0 Å². The van der Waals surface area contributed by atoms with Crippen molar-refractivity contribution in [3.05, 3.63) is 53.6 Å². The summed E-state index contributed by atoms with van der Waals surface area (Å²) in [6.45, 7) is 1.76. The van der Waals surface area contributed by atoms with Crippen LogP contribution in [0.25, 0.3) is 0 Å². The summed E-state index contributed by atoms with van der Waals surface area (Å²) in [5, 5.41) is 19.6. The molecule has 6 heteroatoms. The molecular formula is C14H14O5S. The number of rotatable bonds is 3. The summed E-state index contributed by atoms with van der Waals surface area (Å²) in [5.41, 5.74) is 1.07. The van der Waals surface area contributed by atoms with E-state index in [1.807, 2.05) is 30.3 Å². The highest BCUT2D eigenvalue weighted by Gasteiger charge is 2.23. The van der Waals surface area contributed by atoms with Crippen molar-refractivity contribution in [2.24, 2.45) is 0 Å². The molecule has 2 aromatic carbocycles. The van der Waals surface area contributed by atoms with Gasteiger partial charge in [0, 0.05) is 17.5 Å². The molecule has 0 aliphatic carbocycles. The lowest BCUT2D eigenvalue weighted by molar-refractivity contribution is 0.426. The second kappa shape index (κ2) is 5.15. The van der Waals surface area contributed by atoms with E-state index in [1.54, 1.807) is 6.92 Å². The minimum Gasteiger partial charge on any atom is -0.508 e. The van der Waals surface area contributed by atoms with E-state index in [0.29, 0.717) is 0 Å². The molecule has 0 aliphatic heterocycles. The second-order valence-electron chi connectivity index (χ2n) is 4.49. The zero-order valence-electron chi connectivity index (χ0n) is 10.7. The van der Waals surface area contributed by atoms with Gasteiger partial charge in [0.2, 0.25) is 0 Å². The fourth-order valence-electron chi connectivity index (χ4n) is 2.06. The van der Waals surface area contributed by atoms with Gasteiger partial charge < -0.3 is 10.2 Å². The lowest BCUT2D eigenvalue weighted by Gasteiger charge is -2.16. The Morgan fingerprint density at radius 2 is 1.65 bits per heavy atom. The molecule has 2 rings (SSSR count). The Bertz CT molecular complexity index is 723. The Morgan fingerprint density at radius 3 is 2.20 bits per heavy atom. The van der Waals surface area contributed by atoms with E-state index in [-0.39, 0.29) is 17.2 Å². The number of phenols is 2. The van der Waals surface area contributed by atoms with Crippen LogP contribution in [0.4, 0.5) is 0 Å². The van der Waals surface area contributed by atoms with Crippen molar-refractivity contribution in [3.63, 3.8) is 0 Å². The Labute approximate surface area is 116 Å². The highest BCUT2D eigenvalue weighted by atomic mass is 32.2. The minimum atomic E-state index is -4.60. The first-order valence-corrected chi connectivity index (χ1v) is 7.33. The van der Waals surface area contributed by atoms with Gasteiger partial charge in [-0.1, -0.05) is 37.3 Å². The summed E-state index contributed by atoms with van der Waals surface area (Å²) in [5.74, 6) is -1.24. The molecule has 1 atom stereocenters. The minimum absolute atomic E-state index is 0.226. The molecule has 0 radical (unpaired) electrons. The van der Waals surface area contributed by atoms with E-state index >= 15 is 0 Å². The van der Waals surface area contributed by atoms with Crippen LogP contribution < -0.4 is 0 Å². The first kappa shape index (κ1) is 14.4. The van der Waals surface area contributed by atoms with Gasteiger partial charge in [-0.05, 0) is 11.6 Å². The average Bonchev–Trinajstić information content (AvgIpc) is 2.40. The smallest absolute Gasteiger partial charge is 0.298 e. The Kier molecular flexibility index (Phi) is 3.69. The van der Waals surface area contributed by atoms with Crippen LogP contribution in [-0.4, -0.2) is 23.2 Å². The SMILES string of the molecule is CC(c1ccccc1)c1cc(O)cc(S(=O)(=O)O)c1O. The van der Waals surface area contributed by atoms with Crippen LogP contribution in [0, 0.1) is 0 Å². The van der Waals surface area contributed by atoms with E-state index in [2.05, 4.69) is 0 Å². The van der Waals surface area contributed by atoms with Gasteiger partial charge in [-0.2, -0.15) is 8.42 Å². The molecule has 0 fully saturated rings. The molecule has 0 spiro atoms. The van der Waals surface area contributed by atoms with Gasteiger partial charge in [0.25, 0.3) is 10.1 Å². The summed E-state index contributed by atoms with van der Waals surface area (Å²) in [6.07, 6.45) is 0.